The Balaban J connectivity index is 1.52. The van der Waals surface area contributed by atoms with Gasteiger partial charge in [0, 0.05) is 50.7 Å². The summed E-state index contributed by atoms with van der Waals surface area (Å²) in [5, 5.41) is 3.42. The van der Waals surface area contributed by atoms with Crippen LogP contribution in [0.15, 0.2) is 29.2 Å². The van der Waals surface area contributed by atoms with E-state index in [1.54, 1.807) is 21.0 Å². The van der Waals surface area contributed by atoms with Crippen molar-refractivity contribution in [2.45, 2.75) is 44.6 Å². The SMILES string of the molecule is CCOC(=O)C1CCCN(S(=O)(=O)c2ccc(C(=O)Nc3sc4c(c3C(=O)N(C)C)CCN(CC)C4)cc2)C1. The molecular formula is C27H36N4O6S2. The van der Waals surface area contributed by atoms with Crippen molar-refractivity contribution < 1.29 is 27.5 Å². The number of carbonyl (C=O) groups is 3. The van der Waals surface area contributed by atoms with E-state index in [2.05, 4.69) is 17.1 Å². The van der Waals surface area contributed by atoms with Gasteiger partial charge in [0.1, 0.15) is 5.00 Å². The number of fused-ring (bicyclic) bond motifs is 1. The van der Waals surface area contributed by atoms with E-state index in [0.717, 1.165) is 36.5 Å². The molecule has 0 saturated carbocycles. The van der Waals surface area contributed by atoms with Crippen molar-refractivity contribution in [1.29, 1.82) is 0 Å². The summed E-state index contributed by atoms with van der Waals surface area (Å²) < 4.78 is 32.9. The van der Waals surface area contributed by atoms with Crippen LogP contribution in [0.2, 0.25) is 0 Å². The van der Waals surface area contributed by atoms with Gasteiger partial charge in [-0.1, -0.05) is 6.92 Å². The maximum atomic E-state index is 13.3. The summed E-state index contributed by atoms with van der Waals surface area (Å²) in [7, 11) is -0.461. The van der Waals surface area contributed by atoms with Gasteiger partial charge in [0.05, 0.1) is 23.0 Å². The zero-order chi connectivity index (χ0) is 28.3. The van der Waals surface area contributed by atoms with Gasteiger partial charge in [-0.25, -0.2) is 8.42 Å². The lowest BCUT2D eigenvalue weighted by atomic mass is 10.0. The predicted octanol–water partition coefficient (Wildman–Crippen LogP) is 3.04. The third-order valence-electron chi connectivity index (χ3n) is 7.19. The molecule has 0 aliphatic carbocycles. The molecule has 1 aromatic heterocycles. The first kappa shape index (κ1) is 29.2. The first-order chi connectivity index (χ1) is 18.6. The Hall–Kier alpha value is -2.80. The van der Waals surface area contributed by atoms with Crippen LogP contribution in [0, 0.1) is 5.92 Å². The highest BCUT2D eigenvalue weighted by Crippen LogP contribution is 2.38. The fraction of sp³-hybridized carbons (Fsp3) is 0.519. The number of anilines is 1. The normalized spacial score (nSPS) is 18.3. The molecule has 3 heterocycles. The van der Waals surface area contributed by atoms with E-state index in [1.807, 2.05) is 0 Å². The zero-order valence-corrected chi connectivity index (χ0v) is 24.5. The number of piperidine rings is 1. The van der Waals surface area contributed by atoms with Gasteiger partial charge < -0.3 is 15.0 Å². The number of thiophene rings is 1. The number of hydrogen-bond donors (Lipinski definition) is 1. The fourth-order valence-corrected chi connectivity index (χ4v) is 7.78. The Morgan fingerprint density at radius 1 is 1.13 bits per heavy atom. The molecule has 0 radical (unpaired) electrons. The van der Waals surface area contributed by atoms with Crippen LogP contribution in [0.1, 0.15) is 57.8 Å². The molecular weight excluding hydrogens is 540 g/mol. The highest BCUT2D eigenvalue weighted by Gasteiger charge is 2.34. The van der Waals surface area contributed by atoms with Gasteiger partial charge in [0.15, 0.2) is 0 Å². The molecule has 2 aliphatic heterocycles. The number of rotatable bonds is 8. The van der Waals surface area contributed by atoms with Crippen LogP contribution >= 0.6 is 11.3 Å². The molecule has 12 heteroatoms. The average molecular weight is 577 g/mol. The summed E-state index contributed by atoms with van der Waals surface area (Å²) in [6.07, 6.45) is 1.90. The van der Waals surface area contributed by atoms with Gasteiger partial charge in [-0.3, -0.25) is 19.3 Å². The van der Waals surface area contributed by atoms with Crippen molar-refractivity contribution in [2.24, 2.45) is 5.92 Å². The summed E-state index contributed by atoms with van der Waals surface area (Å²) >= 11 is 1.42. The first-order valence-corrected chi connectivity index (χ1v) is 15.5. The van der Waals surface area contributed by atoms with Crippen LogP contribution in [-0.4, -0.2) is 87.2 Å². The summed E-state index contributed by atoms with van der Waals surface area (Å²) in [6, 6.07) is 5.74. The molecule has 2 aromatic rings. The smallest absolute Gasteiger partial charge is 0.310 e. The molecule has 4 rings (SSSR count). The Morgan fingerprint density at radius 3 is 2.49 bits per heavy atom. The molecule has 1 N–H and O–H groups in total. The van der Waals surface area contributed by atoms with Crippen molar-refractivity contribution in [2.75, 3.05) is 52.2 Å². The van der Waals surface area contributed by atoms with Crippen LogP contribution in [0.25, 0.3) is 0 Å². The second-order valence-electron chi connectivity index (χ2n) is 9.96. The third kappa shape index (κ3) is 6.19. The summed E-state index contributed by atoms with van der Waals surface area (Å²) in [4.78, 5) is 43.3. The van der Waals surface area contributed by atoms with Gasteiger partial charge in [-0.2, -0.15) is 4.31 Å². The molecule has 1 aromatic carbocycles. The van der Waals surface area contributed by atoms with Crippen LogP contribution in [0.4, 0.5) is 5.00 Å². The maximum absolute atomic E-state index is 13.3. The number of amides is 2. The average Bonchev–Trinajstić information content (AvgIpc) is 3.29. The number of carbonyl (C=O) groups excluding carboxylic acids is 3. The van der Waals surface area contributed by atoms with Crippen LogP contribution in [0.5, 0.6) is 0 Å². The predicted molar refractivity (Wildman–Crippen MR) is 150 cm³/mol. The second-order valence-corrected chi connectivity index (χ2v) is 13.0. The van der Waals surface area contributed by atoms with Crippen molar-refractivity contribution in [3.05, 3.63) is 45.8 Å². The van der Waals surface area contributed by atoms with E-state index in [1.165, 1.54) is 44.8 Å². The topological polar surface area (TPSA) is 116 Å². The maximum Gasteiger partial charge on any atom is 0.310 e. The fourth-order valence-electron chi connectivity index (χ4n) is 4.98. The quantitative estimate of drug-likeness (QED) is 0.480. The van der Waals surface area contributed by atoms with Crippen LogP contribution < -0.4 is 5.32 Å². The van der Waals surface area contributed by atoms with E-state index in [4.69, 9.17) is 4.74 Å². The molecule has 0 spiro atoms. The third-order valence-corrected chi connectivity index (χ3v) is 10.2. The Bertz CT molecular complexity index is 1340. The molecule has 1 saturated heterocycles. The molecule has 212 valence electrons. The van der Waals surface area contributed by atoms with E-state index in [9.17, 15) is 22.8 Å². The molecule has 1 atom stereocenters. The second kappa shape index (κ2) is 12.2. The summed E-state index contributed by atoms with van der Waals surface area (Å²) in [5.74, 6) is -1.44. The first-order valence-electron chi connectivity index (χ1n) is 13.2. The lowest BCUT2D eigenvalue weighted by Crippen LogP contribution is -2.42. The van der Waals surface area contributed by atoms with Crippen LogP contribution in [-0.2, 0) is 32.5 Å². The number of sulfonamides is 1. The highest BCUT2D eigenvalue weighted by molar-refractivity contribution is 7.89. The lowest BCUT2D eigenvalue weighted by molar-refractivity contribution is -0.149. The van der Waals surface area contributed by atoms with E-state index < -0.39 is 21.8 Å². The number of likely N-dealkylation sites (N-methyl/N-ethyl adjacent to an activating group) is 1. The van der Waals surface area contributed by atoms with Crippen molar-refractivity contribution in [1.82, 2.24) is 14.1 Å². The molecule has 39 heavy (non-hydrogen) atoms. The van der Waals surface area contributed by atoms with Crippen LogP contribution in [0.3, 0.4) is 0 Å². The molecule has 0 bridgehead atoms. The summed E-state index contributed by atoms with van der Waals surface area (Å²) in [5.41, 5.74) is 1.80. The molecule has 1 unspecified atom stereocenters. The Kier molecular flexibility index (Phi) is 9.10. The monoisotopic (exact) mass is 576 g/mol. The highest BCUT2D eigenvalue weighted by atomic mass is 32.2. The minimum Gasteiger partial charge on any atom is -0.466 e. The molecule has 2 aliphatic rings. The minimum absolute atomic E-state index is 0.0540. The number of nitrogens with zero attached hydrogens (tertiary/aromatic N) is 3. The van der Waals surface area contributed by atoms with Gasteiger partial charge in [-0.15, -0.1) is 11.3 Å². The van der Waals surface area contributed by atoms with E-state index in [-0.39, 0.29) is 35.5 Å². The number of hydrogen-bond acceptors (Lipinski definition) is 8. The Morgan fingerprint density at radius 2 is 1.85 bits per heavy atom. The van der Waals surface area contributed by atoms with Gasteiger partial charge in [0.25, 0.3) is 11.8 Å². The zero-order valence-electron chi connectivity index (χ0n) is 22.9. The number of esters is 1. The lowest BCUT2D eigenvalue weighted by Gasteiger charge is -2.30. The van der Waals surface area contributed by atoms with Crippen molar-refractivity contribution in [3.63, 3.8) is 0 Å². The number of nitrogens with one attached hydrogen (secondary N) is 1. The molecule has 2 amide bonds. The standard InChI is InChI=1S/C27H36N4O6S2/c1-5-30-15-13-21-22(17-30)38-25(23(21)26(33)29(3)4)28-24(32)18-9-11-20(12-10-18)39(35,36)31-14-7-8-19(16-31)27(34)37-6-2/h9-12,19H,5-8,13-17H2,1-4H3,(H,28,32). The van der Waals surface area contributed by atoms with Gasteiger partial charge >= 0.3 is 5.97 Å². The van der Waals surface area contributed by atoms with Gasteiger partial charge in [-0.05, 0) is 62.6 Å². The van der Waals surface area contributed by atoms with Gasteiger partial charge in [0.2, 0.25) is 10.0 Å². The number of benzene rings is 1. The van der Waals surface area contributed by atoms with E-state index >= 15 is 0 Å². The Labute approximate surface area is 234 Å². The van der Waals surface area contributed by atoms with E-state index in [0.29, 0.717) is 30.0 Å². The summed E-state index contributed by atoms with van der Waals surface area (Å²) in [6.45, 7) is 6.97. The van der Waals surface area contributed by atoms with Crippen molar-refractivity contribution >= 4 is 44.1 Å². The largest absolute Gasteiger partial charge is 0.466 e. The minimum atomic E-state index is -3.84. The molecule has 10 nitrogen and oxygen atoms in total. The number of ether oxygens (including phenoxy) is 1. The molecule has 1 fully saturated rings. The van der Waals surface area contributed by atoms with Crippen molar-refractivity contribution in [3.8, 4) is 0 Å².